The highest BCUT2D eigenvalue weighted by atomic mass is 16.5. The smallest absolute Gasteiger partial charge is 0.258 e. The molecule has 2 aromatic carbocycles. The molecule has 1 fully saturated rings. The van der Waals surface area contributed by atoms with Gasteiger partial charge in [-0.15, -0.1) is 0 Å². The van der Waals surface area contributed by atoms with Crippen LogP contribution in [0, 0.1) is 0 Å². The Morgan fingerprint density at radius 2 is 1.68 bits per heavy atom. The van der Waals surface area contributed by atoms with Gasteiger partial charge >= 0.3 is 0 Å². The number of piperazine rings is 1. The van der Waals surface area contributed by atoms with Crippen molar-refractivity contribution in [3.8, 4) is 17.2 Å². The van der Waals surface area contributed by atoms with Crippen molar-refractivity contribution in [1.82, 2.24) is 19.6 Å². The lowest BCUT2D eigenvalue weighted by atomic mass is 10.1. The summed E-state index contributed by atoms with van der Waals surface area (Å²) < 4.78 is 6.00. The summed E-state index contributed by atoms with van der Waals surface area (Å²) >= 11 is 0. The maximum atomic E-state index is 13.3. The summed E-state index contributed by atoms with van der Waals surface area (Å²) in [6, 6.07) is 8.25. The molecule has 2 aromatic rings. The predicted molar refractivity (Wildman–Crippen MR) is 141 cm³/mol. The van der Waals surface area contributed by atoms with Crippen LogP contribution in [0.4, 0.5) is 0 Å². The quantitative estimate of drug-likeness (QED) is 0.536. The van der Waals surface area contributed by atoms with Crippen LogP contribution in [0.5, 0.6) is 17.2 Å². The van der Waals surface area contributed by atoms with E-state index >= 15 is 0 Å². The molecule has 0 saturated carbocycles. The van der Waals surface area contributed by atoms with E-state index in [-0.39, 0.29) is 28.5 Å². The highest BCUT2D eigenvalue weighted by Gasteiger charge is 2.28. The Kier molecular flexibility index (Phi) is 8.56. The molecule has 0 aromatic heterocycles. The molecule has 2 aliphatic rings. The van der Waals surface area contributed by atoms with Crippen molar-refractivity contribution >= 4 is 11.8 Å². The Morgan fingerprint density at radius 3 is 2.41 bits per heavy atom. The fourth-order valence-electron chi connectivity index (χ4n) is 4.76. The topological polar surface area (TPSA) is 96.8 Å². The molecule has 200 valence electrons. The predicted octanol–water partition coefficient (Wildman–Crippen LogP) is 2.75. The first-order valence-electron chi connectivity index (χ1n) is 13.0. The maximum absolute atomic E-state index is 13.3. The third-order valence-electron chi connectivity index (χ3n) is 7.23. The molecular formula is C28H38N4O5. The summed E-state index contributed by atoms with van der Waals surface area (Å²) in [4.78, 5) is 34.0. The lowest BCUT2D eigenvalue weighted by Crippen LogP contribution is -2.45. The van der Waals surface area contributed by atoms with E-state index in [2.05, 4.69) is 16.8 Å². The van der Waals surface area contributed by atoms with Gasteiger partial charge in [0.1, 0.15) is 23.9 Å². The monoisotopic (exact) mass is 510 g/mol. The normalized spacial score (nSPS) is 16.0. The number of fused-ring (bicyclic) bond motifs is 1. The summed E-state index contributed by atoms with van der Waals surface area (Å²) in [5.41, 5.74) is 2.03. The zero-order chi connectivity index (χ0) is 26.5. The molecule has 2 N–H and O–H groups in total. The molecule has 0 atom stereocenters. The van der Waals surface area contributed by atoms with Gasteiger partial charge in [-0.3, -0.25) is 14.5 Å². The molecule has 2 heterocycles. The number of amides is 2. The Bertz CT molecular complexity index is 1130. The SMILES string of the molecule is CCCCN(C)C(=O)c1cc(C(=O)N2Cc3ccc(OCCN4CCN(C)CC4)cc3C2)c(O)cc1O. The number of hydrogen-bond acceptors (Lipinski definition) is 7. The van der Waals surface area contributed by atoms with E-state index in [9.17, 15) is 19.8 Å². The van der Waals surface area contributed by atoms with E-state index in [0.717, 1.165) is 68.5 Å². The number of nitrogens with zero attached hydrogens (tertiary/aromatic N) is 4. The Balaban J connectivity index is 1.39. The molecule has 0 spiro atoms. The number of aromatic hydroxyl groups is 2. The average molecular weight is 511 g/mol. The van der Waals surface area contributed by atoms with Crippen LogP contribution in [0.25, 0.3) is 0 Å². The molecule has 0 unspecified atom stereocenters. The first-order chi connectivity index (χ1) is 17.8. The molecule has 0 bridgehead atoms. The van der Waals surface area contributed by atoms with Crippen LogP contribution in [0.2, 0.25) is 0 Å². The first-order valence-corrected chi connectivity index (χ1v) is 13.0. The number of ether oxygens (including phenoxy) is 1. The maximum Gasteiger partial charge on any atom is 0.258 e. The van der Waals surface area contributed by atoms with Gasteiger partial charge in [-0.05, 0) is 42.8 Å². The van der Waals surface area contributed by atoms with E-state index in [0.29, 0.717) is 26.2 Å². The van der Waals surface area contributed by atoms with Gasteiger partial charge in [0.15, 0.2) is 0 Å². The zero-order valence-corrected chi connectivity index (χ0v) is 22.1. The number of rotatable bonds is 9. The second kappa shape index (κ2) is 11.8. The summed E-state index contributed by atoms with van der Waals surface area (Å²) in [6.07, 6.45) is 1.77. The van der Waals surface area contributed by atoms with Crippen LogP contribution in [0.1, 0.15) is 51.6 Å². The lowest BCUT2D eigenvalue weighted by Gasteiger charge is -2.32. The second-order valence-corrected chi connectivity index (χ2v) is 10.1. The van der Waals surface area contributed by atoms with Crippen molar-refractivity contribution in [3.05, 3.63) is 52.6 Å². The van der Waals surface area contributed by atoms with Crippen molar-refractivity contribution in [3.63, 3.8) is 0 Å². The fourth-order valence-corrected chi connectivity index (χ4v) is 4.76. The van der Waals surface area contributed by atoms with Crippen LogP contribution in [-0.4, -0.2) is 102 Å². The summed E-state index contributed by atoms with van der Waals surface area (Å²) in [6.45, 7) is 9.08. The summed E-state index contributed by atoms with van der Waals surface area (Å²) in [7, 11) is 3.80. The van der Waals surface area contributed by atoms with Gasteiger partial charge in [0.25, 0.3) is 11.8 Å². The van der Waals surface area contributed by atoms with Crippen molar-refractivity contribution in [2.24, 2.45) is 0 Å². The molecule has 2 amide bonds. The zero-order valence-electron chi connectivity index (χ0n) is 22.1. The van der Waals surface area contributed by atoms with Gasteiger partial charge in [-0.1, -0.05) is 19.4 Å². The minimum absolute atomic E-state index is 0.00139. The third-order valence-corrected chi connectivity index (χ3v) is 7.23. The van der Waals surface area contributed by atoms with E-state index in [1.54, 1.807) is 11.9 Å². The number of unbranched alkanes of at least 4 members (excludes halogenated alkanes) is 1. The van der Waals surface area contributed by atoms with Crippen LogP contribution in [0.3, 0.4) is 0 Å². The molecule has 37 heavy (non-hydrogen) atoms. The molecule has 0 aliphatic carbocycles. The third kappa shape index (κ3) is 6.34. The van der Waals surface area contributed by atoms with E-state index in [1.165, 1.54) is 11.0 Å². The Hall–Kier alpha value is -3.30. The first kappa shape index (κ1) is 26.8. The highest BCUT2D eigenvalue weighted by Crippen LogP contribution is 2.33. The fraction of sp³-hybridized carbons (Fsp3) is 0.500. The number of phenolic OH excluding ortho intramolecular Hbond substituents is 2. The average Bonchev–Trinajstić information content (AvgIpc) is 3.31. The lowest BCUT2D eigenvalue weighted by molar-refractivity contribution is 0.0748. The molecule has 1 saturated heterocycles. The van der Waals surface area contributed by atoms with Crippen LogP contribution in [0.15, 0.2) is 30.3 Å². The van der Waals surface area contributed by atoms with Crippen LogP contribution < -0.4 is 4.74 Å². The van der Waals surface area contributed by atoms with Gasteiger partial charge in [0.05, 0.1) is 11.1 Å². The summed E-state index contributed by atoms with van der Waals surface area (Å²) in [5, 5.41) is 20.7. The van der Waals surface area contributed by atoms with Gasteiger partial charge < -0.3 is 29.6 Å². The number of hydrogen-bond donors (Lipinski definition) is 2. The van der Waals surface area contributed by atoms with Crippen molar-refractivity contribution in [2.75, 3.05) is 60.0 Å². The number of carbonyl (C=O) groups is 2. The molecular weight excluding hydrogens is 472 g/mol. The van der Waals surface area contributed by atoms with E-state index in [4.69, 9.17) is 4.74 Å². The van der Waals surface area contributed by atoms with Crippen LogP contribution in [-0.2, 0) is 13.1 Å². The van der Waals surface area contributed by atoms with E-state index < -0.39 is 5.91 Å². The molecule has 9 nitrogen and oxygen atoms in total. The van der Waals surface area contributed by atoms with Gasteiger partial charge in [0, 0.05) is 65.5 Å². The molecule has 4 rings (SSSR count). The van der Waals surface area contributed by atoms with Gasteiger partial charge in [-0.25, -0.2) is 0 Å². The minimum atomic E-state index is -0.392. The van der Waals surface area contributed by atoms with Crippen molar-refractivity contribution in [1.29, 1.82) is 0 Å². The molecule has 2 aliphatic heterocycles. The van der Waals surface area contributed by atoms with Gasteiger partial charge in [0.2, 0.25) is 0 Å². The van der Waals surface area contributed by atoms with Crippen molar-refractivity contribution in [2.45, 2.75) is 32.9 Å². The number of phenols is 2. The highest BCUT2D eigenvalue weighted by molar-refractivity contribution is 6.03. The number of benzene rings is 2. The molecule has 9 heteroatoms. The minimum Gasteiger partial charge on any atom is -0.507 e. The summed E-state index contributed by atoms with van der Waals surface area (Å²) in [5.74, 6) is -0.693. The number of likely N-dealkylation sites (N-methyl/N-ethyl adjacent to an activating group) is 1. The van der Waals surface area contributed by atoms with E-state index in [1.807, 2.05) is 25.1 Å². The van der Waals surface area contributed by atoms with Gasteiger partial charge in [-0.2, -0.15) is 0 Å². The Morgan fingerprint density at radius 1 is 0.973 bits per heavy atom. The van der Waals surface area contributed by atoms with Crippen LogP contribution >= 0.6 is 0 Å². The Labute approximate surface area is 218 Å². The molecule has 0 radical (unpaired) electrons. The largest absolute Gasteiger partial charge is 0.507 e. The standard InChI is InChI=1S/C28H38N4O5/c1-4-5-8-30(3)27(35)23-16-24(26(34)17-25(23)33)28(36)32-18-20-6-7-22(15-21(20)19-32)37-14-13-31-11-9-29(2)10-12-31/h6-7,15-17,33-34H,4-5,8-14,18-19H2,1-3H3. The second-order valence-electron chi connectivity index (χ2n) is 10.1. The number of carbonyl (C=O) groups excluding carboxylic acids is 2. The van der Waals surface area contributed by atoms with Crippen molar-refractivity contribution < 1.29 is 24.5 Å².